The second-order valence-corrected chi connectivity index (χ2v) is 10.6. The van der Waals surface area contributed by atoms with Gasteiger partial charge in [0, 0.05) is 4.57 Å². The summed E-state index contributed by atoms with van der Waals surface area (Å²) in [6.07, 6.45) is -1.43. The molecular weight excluding hydrogens is 483 g/mol. The molecule has 0 saturated carbocycles. The third-order valence-electron chi connectivity index (χ3n) is 7.15. The summed E-state index contributed by atoms with van der Waals surface area (Å²) in [4.78, 5) is 0. The zero-order chi connectivity index (χ0) is 25.5. The number of hydrogen-bond acceptors (Lipinski definition) is 5. The second-order valence-electron chi connectivity index (χ2n) is 9.82. The summed E-state index contributed by atoms with van der Waals surface area (Å²) in [5, 5.41) is 0. The van der Waals surface area contributed by atoms with Crippen LogP contribution >= 0.6 is 8.25 Å². The maximum Gasteiger partial charge on any atom is 0.700 e. The van der Waals surface area contributed by atoms with Crippen molar-refractivity contribution in [2.24, 2.45) is 0 Å². The molecule has 6 heteroatoms. The number of fused-ring (bicyclic) bond motifs is 1. The number of rotatable bonds is 4. The minimum absolute atomic E-state index is 0.714. The Morgan fingerprint density at radius 2 is 0.784 bits per heavy atom. The van der Waals surface area contributed by atoms with E-state index in [1.54, 1.807) is 0 Å². The van der Waals surface area contributed by atoms with Gasteiger partial charge in [0.15, 0.2) is 5.79 Å². The van der Waals surface area contributed by atoms with E-state index in [0.717, 1.165) is 22.3 Å². The third kappa shape index (κ3) is 3.95. The SMILES string of the molecule is CC1(C)OC2[C@@H](O1)C(c1ccccc1)(c1ccccc1)O[P+](=O)OC2(c1ccccc1)c1ccccc1. The first-order valence-corrected chi connectivity index (χ1v) is 13.5. The van der Waals surface area contributed by atoms with E-state index in [1.165, 1.54) is 0 Å². The van der Waals surface area contributed by atoms with Crippen molar-refractivity contribution in [1.82, 2.24) is 0 Å². The maximum atomic E-state index is 14.0. The predicted molar refractivity (Wildman–Crippen MR) is 141 cm³/mol. The second kappa shape index (κ2) is 9.29. The summed E-state index contributed by atoms with van der Waals surface area (Å²) < 4.78 is 40.6. The monoisotopic (exact) mass is 511 g/mol. The fraction of sp³-hybridized carbons (Fsp3) is 0.226. The molecule has 5 nitrogen and oxygen atoms in total. The molecule has 2 fully saturated rings. The molecule has 2 aliphatic heterocycles. The Morgan fingerprint density at radius 1 is 0.514 bits per heavy atom. The standard InChI is InChI=1S/C31H28O5P/c1-29(2)33-27-28(34-29)31(25-19-11-5-12-20-25,26-21-13-6-14-22-26)36-37(32)35-30(27,23-15-7-3-8-16-23)24-17-9-4-10-18-24/h3-22,27-28H,1-2H3/q+1/t27-,28?/m1/s1. The average molecular weight is 512 g/mol. The van der Waals surface area contributed by atoms with Crippen LogP contribution < -0.4 is 0 Å². The lowest BCUT2D eigenvalue weighted by Gasteiger charge is -2.38. The molecule has 4 aromatic rings. The van der Waals surface area contributed by atoms with Crippen LogP contribution in [0.15, 0.2) is 121 Å². The molecule has 37 heavy (non-hydrogen) atoms. The summed E-state index contributed by atoms with van der Waals surface area (Å²) in [5.41, 5.74) is 0.699. The molecule has 186 valence electrons. The molecule has 2 saturated heterocycles. The Morgan fingerprint density at radius 3 is 1.05 bits per heavy atom. The van der Waals surface area contributed by atoms with Gasteiger partial charge >= 0.3 is 8.25 Å². The topological polar surface area (TPSA) is 54.0 Å². The minimum Gasteiger partial charge on any atom is -0.340 e. The summed E-state index contributed by atoms with van der Waals surface area (Å²) in [6.45, 7) is 3.78. The Balaban J connectivity index is 1.69. The molecule has 0 aliphatic carbocycles. The van der Waals surface area contributed by atoms with Crippen LogP contribution in [0.1, 0.15) is 36.1 Å². The molecule has 3 atom stereocenters. The van der Waals surface area contributed by atoms with Crippen molar-refractivity contribution in [3.05, 3.63) is 144 Å². The van der Waals surface area contributed by atoms with E-state index in [4.69, 9.17) is 18.5 Å². The molecule has 0 radical (unpaired) electrons. The Hall–Kier alpha value is -3.18. The molecular formula is C31H28O5P+. The van der Waals surface area contributed by atoms with Crippen LogP contribution in [0.4, 0.5) is 0 Å². The predicted octanol–water partition coefficient (Wildman–Crippen LogP) is 7.10. The van der Waals surface area contributed by atoms with Crippen molar-refractivity contribution in [3.63, 3.8) is 0 Å². The summed E-state index contributed by atoms with van der Waals surface area (Å²) >= 11 is 0. The zero-order valence-electron chi connectivity index (χ0n) is 20.7. The number of ether oxygens (including phenoxy) is 2. The van der Waals surface area contributed by atoms with Crippen molar-refractivity contribution in [2.45, 2.75) is 43.0 Å². The molecule has 2 heterocycles. The lowest BCUT2D eigenvalue weighted by molar-refractivity contribution is -0.174. The van der Waals surface area contributed by atoms with Crippen LogP contribution in [0.25, 0.3) is 0 Å². The number of benzene rings is 4. The van der Waals surface area contributed by atoms with Gasteiger partial charge in [-0.05, 0) is 36.1 Å². The first-order chi connectivity index (χ1) is 18.0. The van der Waals surface area contributed by atoms with Crippen LogP contribution in [0.5, 0.6) is 0 Å². The smallest absolute Gasteiger partial charge is 0.340 e. The maximum absolute atomic E-state index is 14.0. The van der Waals surface area contributed by atoms with Crippen LogP contribution in [0, 0.1) is 0 Å². The van der Waals surface area contributed by atoms with E-state index < -0.39 is 37.5 Å². The lowest BCUT2D eigenvalue weighted by atomic mass is 9.72. The van der Waals surface area contributed by atoms with Crippen LogP contribution in [-0.4, -0.2) is 18.0 Å². The largest absolute Gasteiger partial charge is 0.700 e. The zero-order valence-corrected chi connectivity index (χ0v) is 21.6. The molecule has 0 N–H and O–H groups in total. The van der Waals surface area contributed by atoms with Gasteiger partial charge in [-0.1, -0.05) is 130 Å². The van der Waals surface area contributed by atoms with E-state index in [-0.39, 0.29) is 0 Å². The minimum atomic E-state index is -2.65. The van der Waals surface area contributed by atoms with E-state index in [9.17, 15) is 4.57 Å². The average Bonchev–Trinajstić information content (AvgIpc) is 3.23. The van der Waals surface area contributed by atoms with Gasteiger partial charge in [0.1, 0.15) is 12.2 Å². The van der Waals surface area contributed by atoms with Gasteiger partial charge in [-0.2, -0.15) is 0 Å². The van der Waals surface area contributed by atoms with Gasteiger partial charge < -0.3 is 9.47 Å². The van der Waals surface area contributed by atoms with E-state index in [2.05, 4.69) is 0 Å². The van der Waals surface area contributed by atoms with Crippen molar-refractivity contribution >= 4 is 8.25 Å². The highest BCUT2D eigenvalue weighted by Crippen LogP contribution is 2.61. The van der Waals surface area contributed by atoms with Gasteiger partial charge in [0.05, 0.1) is 0 Å². The molecule has 0 aromatic heterocycles. The Kier molecular flexibility index (Phi) is 6.07. The van der Waals surface area contributed by atoms with Gasteiger partial charge in [-0.3, -0.25) is 0 Å². The van der Waals surface area contributed by atoms with E-state index >= 15 is 0 Å². The first kappa shape index (κ1) is 24.2. The fourth-order valence-electron chi connectivity index (χ4n) is 5.66. The quantitative estimate of drug-likeness (QED) is 0.274. The highest BCUT2D eigenvalue weighted by molar-refractivity contribution is 7.33. The summed E-state index contributed by atoms with van der Waals surface area (Å²) in [5.74, 6) is -0.964. The first-order valence-electron chi connectivity index (χ1n) is 12.4. The highest BCUT2D eigenvalue weighted by Gasteiger charge is 2.71. The molecule has 2 unspecified atom stereocenters. The lowest BCUT2D eigenvalue weighted by Crippen LogP contribution is -2.53. The van der Waals surface area contributed by atoms with Gasteiger partial charge in [0.25, 0.3) is 0 Å². The van der Waals surface area contributed by atoms with Gasteiger partial charge in [-0.25, -0.2) is 0 Å². The molecule has 0 spiro atoms. The van der Waals surface area contributed by atoms with E-state index in [1.807, 2.05) is 135 Å². The van der Waals surface area contributed by atoms with Crippen LogP contribution in [0.3, 0.4) is 0 Å². The molecule has 4 aromatic carbocycles. The van der Waals surface area contributed by atoms with Crippen molar-refractivity contribution in [3.8, 4) is 0 Å². The van der Waals surface area contributed by atoms with Crippen LogP contribution in [-0.2, 0) is 34.3 Å². The van der Waals surface area contributed by atoms with Crippen molar-refractivity contribution in [2.75, 3.05) is 0 Å². The number of hydrogen-bond donors (Lipinski definition) is 0. The molecule has 2 aliphatic rings. The van der Waals surface area contributed by atoms with Gasteiger partial charge in [0.2, 0.25) is 11.2 Å². The highest BCUT2D eigenvalue weighted by atomic mass is 31.1. The van der Waals surface area contributed by atoms with Crippen molar-refractivity contribution in [1.29, 1.82) is 0 Å². The van der Waals surface area contributed by atoms with Crippen LogP contribution in [0.2, 0.25) is 0 Å². The summed E-state index contributed by atoms with van der Waals surface area (Å²) in [6, 6.07) is 39.1. The third-order valence-corrected chi connectivity index (χ3v) is 8.02. The van der Waals surface area contributed by atoms with E-state index in [0.29, 0.717) is 0 Å². The van der Waals surface area contributed by atoms with Crippen molar-refractivity contribution < 1.29 is 23.1 Å². The van der Waals surface area contributed by atoms with Gasteiger partial charge in [-0.15, -0.1) is 0 Å². The fourth-order valence-corrected chi connectivity index (χ4v) is 6.79. The molecule has 6 rings (SSSR count). The Labute approximate surface area is 217 Å². The summed E-state index contributed by atoms with van der Waals surface area (Å²) in [7, 11) is -2.65. The molecule has 0 amide bonds. The molecule has 0 bridgehead atoms. The normalized spacial score (nSPS) is 24.6. The Bertz CT molecular complexity index is 1190.